The number of ether oxygens (including phenoxy) is 1. The van der Waals surface area contributed by atoms with Gasteiger partial charge >= 0.3 is 0 Å². The van der Waals surface area contributed by atoms with Crippen molar-refractivity contribution in [2.45, 2.75) is 25.8 Å². The zero-order chi connectivity index (χ0) is 19.6. The number of hydrogen-bond acceptors (Lipinski definition) is 7. The van der Waals surface area contributed by atoms with E-state index in [1.54, 1.807) is 0 Å². The van der Waals surface area contributed by atoms with E-state index in [9.17, 15) is 0 Å². The fraction of sp³-hybridized carbons (Fsp3) is 0.476. The molecule has 152 valence electrons. The minimum Gasteiger partial charge on any atom is -0.378 e. The van der Waals surface area contributed by atoms with E-state index in [0.29, 0.717) is 11.9 Å². The molecule has 0 spiro atoms. The number of pyridine rings is 1. The van der Waals surface area contributed by atoms with Crippen molar-refractivity contribution >= 4 is 17.2 Å². The summed E-state index contributed by atoms with van der Waals surface area (Å²) in [6, 6.07) is 6.43. The summed E-state index contributed by atoms with van der Waals surface area (Å²) >= 11 is 0. The van der Waals surface area contributed by atoms with Gasteiger partial charge in [-0.05, 0) is 38.4 Å². The van der Waals surface area contributed by atoms with E-state index in [-0.39, 0.29) is 0 Å². The van der Waals surface area contributed by atoms with Crippen LogP contribution in [-0.4, -0.2) is 65.0 Å². The number of anilines is 2. The smallest absolute Gasteiger partial charge is 0.167 e. The van der Waals surface area contributed by atoms with E-state index in [1.165, 1.54) is 6.42 Å². The summed E-state index contributed by atoms with van der Waals surface area (Å²) in [7, 11) is 0. The fourth-order valence-electron chi connectivity index (χ4n) is 4.12. The highest BCUT2D eigenvalue weighted by Gasteiger charge is 2.23. The van der Waals surface area contributed by atoms with Gasteiger partial charge in [0.15, 0.2) is 5.82 Å². The average Bonchev–Trinajstić information content (AvgIpc) is 3.21. The molecule has 2 fully saturated rings. The Balaban J connectivity index is 1.58. The molecular weight excluding hydrogens is 366 g/mol. The number of hydrogen-bond donors (Lipinski definition) is 2. The van der Waals surface area contributed by atoms with E-state index in [0.717, 1.165) is 74.1 Å². The number of morpholine rings is 1. The standard InChI is InChI=1S/C21H27N7O/c1-15-19(24-16-5-4-7-22-13-16)25-20(26-21(15)27-9-11-29-12-10-27)17-14-23-28-8-3-2-6-18(17)28/h2-3,6,8,14,16,22H,4-5,7,9-13H2,1H3,(H,24,25,26)/t16-/m1/s1. The molecule has 3 aromatic rings. The molecule has 8 nitrogen and oxygen atoms in total. The van der Waals surface area contributed by atoms with Crippen LogP contribution < -0.4 is 15.5 Å². The molecule has 2 aliphatic rings. The molecule has 0 amide bonds. The molecule has 2 N–H and O–H groups in total. The summed E-state index contributed by atoms with van der Waals surface area (Å²) in [5.74, 6) is 2.62. The maximum atomic E-state index is 5.55. The lowest BCUT2D eigenvalue weighted by atomic mass is 10.1. The van der Waals surface area contributed by atoms with Crippen LogP contribution in [0.5, 0.6) is 0 Å². The first-order valence-corrected chi connectivity index (χ1v) is 10.4. The van der Waals surface area contributed by atoms with Crippen LogP contribution in [-0.2, 0) is 4.74 Å². The van der Waals surface area contributed by atoms with Crippen LogP contribution in [0.3, 0.4) is 0 Å². The van der Waals surface area contributed by atoms with E-state index in [2.05, 4.69) is 33.6 Å². The summed E-state index contributed by atoms with van der Waals surface area (Å²) in [5.41, 5.74) is 3.05. The molecule has 5 rings (SSSR count). The van der Waals surface area contributed by atoms with Crippen molar-refractivity contribution < 1.29 is 4.74 Å². The van der Waals surface area contributed by atoms with Crippen molar-refractivity contribution in [3.8, 4) is 11.4 Å². The number of fused-ring (bicyclic) bond motifs is 1. The average molecular weight is 393 g/mol. The topological polar surface area (TPSA) is 79.6 Å². The number of nitrogens with one attached hydrogen (secondary N) is 2. The predicted octanol–water partition coefficient (Wildman–Crippen LogP) is 2.10. The number of rotatable bonds is 4. The third-order valence-electron chi connectivity index (χ3n) is 5.74. The summed E-state index contributed by atoms with van der Waals surface area (Å²) in [6.07, 6.45) is 6.13. The number of aromatic nitrogens is 4. The molecule has 0 unspecified atom stereocenters. The van der Waals surface area contributed by atoms with Gasteiger partial charge in [0, 0.05) is 37.4 Å². The van der Waals surface area contributed by atoms with Gasteiger partial charge in [-0.2, -0.15) is 5.10 Å². The zero-order valence-corrected chi connectivity index (χ0v) is 16.8. The van der Waals surface area contributed by atoms with Crippen LogP contribution in [0.1, 0.15) is 18.4 Å². The highest BCUT2D eigenvalue weighted by atomic mass is 16.5. The monoisotopic (exact) mass is 393 g/mol. The molecule has 5 heterocycles. The van der Waals surface area contributed by atoms with Gasteiger partial charge in [0.05, 0.1) is 30.5 Å². The Morgan fingerprint density at radius 2 is 2.10 bits per heavy atom. The minimum atomic E-state index is 0.381. The Kier molecular flexibility index (Phi) is 5.03. The van der Waals surface area contributed by atoms with Gasteiger partial charge in [0.2, 0.25) is 0 Å². The summed E-state index contributed by atoms with van der Waals surface area (Å²) in [6.45, 7) is 7.31. The van der Waals surface area contributed by atoms with Crippen molar-refractivity contribution in [3.63, 3.8) is 0 Å². The second kappa shape index (κ2) is 7.96. The van der Waals surface area contributed by atoms with E-state index in [4.69, 9.17) is 14.7 Å². The molecule has 0 aromatic carbocycles. The van der Waals surface area contributed by atoms with Crippen LogP contribution >= 0.6 is 0 Å². The van der Waals surface area contributed by atoms with Gasteiger partial charge in [-0.15, -0.1) is 0 Å². The quantitative estimate of drug-likeness (QED) is 0.703. The predicted molar refractivity (Wildman–Crippen MR) is 114 cm³/mol. The third-order valence-corrected chi connectivity index (χ3v) is 5.74. The molecule has 29 heavy (non-hydrogen) atoms. The molecule has 8 heteroatoms. The zero-order valence-electron chi connectivity index (χ0n) is 16.8. The maximum Gasteiger partial charge on any atom is 0.167 e. The number of nitrogens with zero attached hydrogens (tertiary/aromatic N) is 5. The summed E-state index contributed by atoms with van der Waals surface area (Å²) in [5, 5.41) is 11.6. The van der Waals surface area contributed by atoms with Crippen molar-refractivity contribution in [2.24, 2.45) is 0 Å². The van der Waals surface area contributed by atoms with Gasteiger partial charge in [-0.25, -0.2) is 14.5 Å². The third kappa shape index (κ3) is 3.65. The van der Waals surface area contributed by atoms with Crippen LogP contribution in [0.2, 0.25) is 0 Å². The van der Waals surface area contributed by atoms with Crippen LogP contribution in [0.4, 0.5) is 11.6 Å². The largest absolute Gasteiger partial charge is 0.378 e. The molecule has 0 radical (unpaired) electrons. The Morgan fingerprint density at radius 3 is 2.93 bits per heavy atom. The fourth-order valence-corrected chi connectivity index (χ4v) is 4.12. The molecule has 0 aliphatic carbocycles. The van der Waals surface area contributed by atoms with Crippen LogP contribution in [0, 0.1) is 6.92 Å². The van der Waals surface area contributed by atoms with Gasteiger partial charge < -0.3 is 20.3 Å². The Bertz CT molecular complexity index is 990. The maximum absolute atomic E-state index is 5.55. The van der Waals surface area contributed by atoms with Crippen molar-refractivity contribution in [1.29, 1.82) is 0 Å². The van der Waals surface area contributed by atoms with Crippen molar-refractivity contribution in [3.05, 3.63) is 36.2 Å². The second-order valence-electron chi connectivity index (χ2n) is 7.72. The van der Waals surface area contributed by atoms with Gasteiger partial charge in [-0.1, -0.05) is 6.07 Å². The highest BCUT2D eigenvalue weighted by molar-refractivity contribution is 5.78. The van der Waals surface area contributed by atoms with E-state index >= 15 is 0 Å². The normalized spacial score (nSPS) is 20.2. The second-order valence-corrected chi connectivity index (χ2v) is 7.72. The molecule has 2 saturated heterocycles. The van der Waals surface area contributed by atoms with Crippen molar-refractivity contribution in [2.75, 3.05) is 49.6 Å². The van der Waals surface area contributed by atoms with Crippen LogP contribution in [0.25, 0.3) is 16.9 Å². The van der Waals surface area contributed by atoms with Gasteiger partial charge in [-0.3, -0.25) is 0 Å². The molecule has 1 atom stereocenters. The number of piperidine rings is 1. The van der Waals surface area contributed by atoms with Gasteiger partial charge in [0.25, 0.3) is 0 Å². The molecule has 0 bridgehead atoms. The first-order valence-electron chi connectivity index (χ1n) is 10.4. The molecular formula is C21H27N7O. The van der Waals surface area contributed by atoms with E-state index in [1.807, 2.05) is 29.0 Å². The lowest BCUT2D eigenvalue weighted by Crippen LogP contribution is -2.39. The van der Waals surface area contributed by atoms with Gasteiger partial charge in [0.1, 0.15) is 11.6 Å². The van der Waals surface area contributed by atoms with Crippen LogP contribution in [0.15, 0.2) is 30.6 Å². The summed E-state index contributed by atoms with van der Waals surface area (Å²) < 4.78 is 7.42. The Morgan fingerprint density at radius 1 is 1.21 bits per heavy atom. The minimum absolute atomic E-state index is 0.381. The SMILES string of the molecule is Cc1c(N[C@@H]2CCCNC2)nc(-c2cnn3ccccc23)nc1N1CCOCC1. The van der Waals surface area contributed by atoms with E-state index < -0.39 is 0 Å². The first kappa shape index (κ1) is 18.3. The molecule has 3 aromatic heterocycles. The molecule has 2 aliphatic heterocycles. The Labute approximate surface area is 170 Å². The lowest BCUT2D eigenvalue weighted by molar-refractivity contribution is 0.122. The lowest BCUT2D eigenvalue weighted by Gasteiger charge is -2.31. The highest BCUT2D eigenvalue weighted by Crippen LogP contribution is 2.30. The molecule has 0 saturated carbocycles. The Hall–Kier alpha value is -2.71. The first-order chi connectivity index (χ1) is 14.3. The van der Waals surface area contributed by atoms with Crippen molar-refractivity contribution in [1.82, 2.24) is 24.9 Å². The summed E-state index contributed by atoms with van der Waals surface area (Å²) in [4.78, 5) is 12.3.